The third-order valence-corrected chi connectivity index (χ3v) is 6.27. The van der Waals surface area contributed by atoms with Crippen molar-refractivity contribution in [2.24, 2.45) is 0 Å². The van der Waals surface area contributed by atoms with E-state index in [9.17, 15) is 18.0 Å². The quantitative estimate of drug-likeness (QED) is 0.659. The molecule has 1 saturated heterocycles. The Kier molecular flexibility index (Phi) is 6.25. The van der Waals surface area contributed by atoms with E-state index in [1.807, 2.05) is 26.0 Å². The number of aryl methyl sites for hydroxylation is 2. The van der Waals surface area contributed by atoms with Crippen molar-refractivity contribution in [1.29, 1.82) is 0 Å². The van der Waals surface area contributed by atoms with Crippen molar-refractivity contribution < 1.29 is 18.0 Å². The number of amides is 2. The maximum absolute atomic E-state index is 12.8. The lowest BCUT2D eigenvalue weighted by Crippen LogP contribution is -2.52. The molecule has 2 amide bonds. The summed E-state index contributed by atoms with van der Waals surface area (Å²) in [6.07, 6.45) is 0.765. The highest BCUT2D eigenvalue weighted by molar-refractivity contribution is 7.90. The van der Waals surface area contributed by atoms with E-state index in [2.05, 4.69) is 0 Å². The summed E-state index contributed by atoms with van der Waals surface area (Å²) < 4.78 is 27.9. The van der Waals surface area contributed by atoms with Gasteiger partial charge in [-0.15, -0.1) is 0 Å². The van der Waals surface area contributed by atoms with Crippen LogP contribution in [-0.2, 0) is 19.8 Å². The van der Waals surface area contributed by atoms with Crippen molar-refractivity contribution in [3.05, 3.63) is 29.3 Å². The average Bonchev–Trinajstić information content (AvgIpc) is 2.61. The van der Waals surface area contributed by atoms with Crippen LogP contribution in [-0.4, -0.2) is 81.7 Å². The van der Waals surface area contributed by atoms with Gasteiger partial charge in [-0.25, -0.2) is 4.31 Å². The Morgan fingerprint density at radius 2 is 1.77 bits per heavy atom. The summed E-state index contributed by atoms with van der Waals surface area (Å²) in [7, 11) is -0.937. The molecule has 0 unspecified atom stereocenters. The van der Waals surface area contributed by atoms with Gasteiger partial charge in [0.05, 0.1) is 5.69 Å². The molecule has 0 aromatic heterocycles. The predicted octanol–water partition coefficient (Wildman–Crippen LogP) is 0.217. The maximum Gasteiger partial charge on any atom is 0.304 e. The number of carbonyl (C=O) groups is 2. The predicted molar refractivity (Wildman–Crippen MR) is 100 cm³/mol. The zero-order chi connectivity index (χ0) is 19.5. The van der Waals surface area contributed by atoms with E-state index in [-0.39, 0.29) is 12.5 Å². The van der Waals surface area contributed by atoms with E-state index in [0.29, 0.717) is 31.9 Å². The molecule has 144 valence electrons. The van der Waals surface area contributed by atoms with Crippen LogP contribution in [0.1, 0.15) is 11.1 Å². The van der Waals surface area contributed by atoms with E-state index < -0.39 is 10.2 Å². The van der Waals surface area contributed by atoms with Crippen LogP contribution in [0.3, 0.4) is 0 Å². The lowest BCUT2D eigenvalue weighted by molar-refractivity contribution is -0.133. The first-order valence-corrected chi connectivity index (χ1v) is 9.81. The molecule has 0 aliphatic carbocycles. The van der Waals surface area contributed by atoms with Crippen molar-refractivity contribution in [2.45, 2.75) is 13.8 Å². The second-order valence-corrected chi connectivity index (χ2v) is 8.68. The fraction of sp³-hybridized carbons (Fsp3) is 0.529. The zero-order valence-corrected chi connectivity index (χ0v) is 16.5. The van der Waals surface area contributed by atoms with Gasteiger partial charge in [-0.3, -0.25) is 9.59 Å². The summed E-state index contributed by atoms with van der Waals surface area (Å²) in [5.41, 5.74) is 2.19. The van der Waals surface area contributed by atoms with Gasteiger partial charge in [-0.05, 0) is 31.0 Å². The highest BCUT2D eigenvalue weighted by atomic mass is 32.2. The summed E-state index contributed by atoms with van der Waals surface area (Å²) >= 11 is 0. The summed E-state index contributed by atoms with van der Waals surface area (Å²) in [4.78, 5) is 26.7. The van der Waals surface area contributed by atoms with Crippen LogP contribution in [0.15, 0.2) is 18.2 Å². The fourth-order valence-corrected chi connectivity index (χ4v) is 3.89. The first kappa shape index (κ1) is 20.2. The fourth-order valence-electron chi connectivity index (χ4n) is 2.78. The number of rotatable bonds is 6. The molecule has 1 aliphatic rings. The van der Waals surface area contributed by atoms with Gasteiger partial charge >= 0.3 is 10.2 Å². The minimum atomic E-state index is -3.83. The summed E-state index contributed by atoms with van der Waals surface area (Å²) in [6, 6.07) is 5.52. The van der Waals surface area contributed by atoms with Gasteiger partial charge in [-0.2, -0.15) is 12.7 Å². The number of hydrogen-bond acceptors (Lipinski definition) is 4. The minimum Gasteiger partial charge on any atom is -0.342 e. The molecule has 0 atom stereocenters. The third kappa shape index (κ3) is 4.34. The number of benzene rings is 1. The Labute approximate surface area is 155 Å². The molecule has 26 heavy (non-hydrogen) atoms. The molecule has 0 spiro atoms. The summed E-state index contributed by atoms with van der Waals surface area (Å²) in [5, 5.41) is 0. The van der Waals surface area contributed by atoms with Gasteiger partial charge in [0.25, 0.3) is 0 Å². The maximum atomic E-state index is 12.8. The van der Waals surface area contributed by atoms with E-state index in [1.165, 1.54) is 14.1 Å². The highest BCUT2D eigenvalue weighted by Gasteiger charge is 2.31. The van der Waals surface area contributed by atoms with Crippen LogP contribution in [0.2, 0.25) is 0 Å². The van der Waals surface area contributed by atoms with Crippen LogP contribution < -0.4 is 4.31 Å². The van der Waals surface area contributed by atoms with Gasteiger partial charge in [0, 0.05) is 40.3 Å². The Hall–Kier alpha value is -2.13. The van der Waals surface area contributed by atoms with Crippen molar-refractivity contribution >= 4 is 28.2 Å². The van der Waals surface area contributed by atoms with Crippen molar-refractivity contribution in [3.8, 4) is 0 Å². The first-order valence-electron chi connectivity index (χ1n) is 8.41. The second-order valence-electron chi connectivity index (χ2n) is 6.61. The van der Waals surface area contributed by atoms with Crippen LogP contribution in [0.25, 0.3) is 0 Å². The normalized spacial score (nSPS) is 15.3. The molecule has 2 rings (SSSR count). The van der Waals surface area contributed by atoms with Crippen molar-refractivity contribution in [2.75, 3.05) is 51.1 Å². The molecule has 1 heterocycles. The number of piperazine rings is 1. The molecular weight excluding hydrogens is 356 g/mol. The molecule has 0 bridgehead atoms. The summed E-state index contributed by atoms with van der Waals surface area (Å²) in [6.45, 7) is 5.15. The molecule has 1 fully saturated rings. The second kappa shape index (κ2) is 8.05. The van der Waals surface area contributed by atoms with Gasteiger partial charge in [0.1, 0.15) is 6.54 Å². The van der Waals surface area contributed by atoms with Gasteiger partial charge < -0.3 is 9.80 Å². The molecule has 9 heteroatoms. The monoisotopic (exact) mass is 382 g/mol. The molecule has 1 aromatic rings. The Morgan fingerprint density at radius 1 is 1.15 bits per heavy atom. The topological polar surface area (TPSA) is 81.2 Å². The van der Waals surface area contributed by atoms with Crippen molar-refractivity contribution in [1.82, 2.24) is 14.1 Å². The number of anilines is 1. The standard InChI is InChI=1S/C17H26N4O4S/c1-14-5-6-15(2)16(11-14)21(26(24,25)18(3)4)12-17(23)20-9-7-19(13-22)8-10-20/h5-6,11,13H,7-10,12H2,1-4H3. The molecule has 1 aliphatic heterocycles. The lowest BCUT2D eigenvalue weighted by Gasteiger charge is -2.35. The molecule has 0 N–H and O–H groups in total. The van der Waals surface area contributed by atoms with Crippen LogP contribution in [0.4, 0.5) is 5.69 Å². The van der Waals surface area contributed by atoms with Crippen LogP contribution >= 0.6 is 0 Å². The number of nitrogens with zero attached hydrogens (tertiary/aromatic N) is 4. The lowest BCUT2D eigenvalue weighted by atomic mass is 10.1. The Bertz CT molecular complexity index is 771. The first-order chi connectivity index (χ1) is 12.2. The third-order valence-electron chi connectivity index (χ3n) is 4.47. The number of carbonyl (C=O) groups excluding carboxylic acids is 2. The smallest absolute Gasteiger partial charge is 0.304 e. The summed E-state index contributed by atoms with van der Waals surface area (Å²) in [5.74, 6) is -0.276. The highest BCUT2D eigenvalue weighted by Crippen LogP contribution is 2.25. The SMILES string of the molecule is Cc1ccc(C)c(N(CC(=O)N2CCN(C=O)CC2)S(=O)(=O)N(C)C)c1. The van der Waals surface area contributed by atoms with Gasteiger partial charge in [-0.1, -0.05) is 12.1 Å². The molecule has 8 nitrogen and oxygen atoms in total. The van der Waals surface area contributed by atoms with Gasteiger partial charge in [0.15, 0.2) is 0 Å². The van der Waals surface area contributed by atoms with E-state index in [0.717, 1.165) is 26.1 Å². The van der Waals surface area contributed by atoms with Gasteiger partial charge in [0.2, 0.25) is 12.3 Å². The van der Waals surface area contributed by atoms with Crippen molar-refractivity contribution in [3.63, 3.8) is 0 Å². The largest absolute Gasteiger partial charge is 0.342 e. The van der Waals surface area contributed by atoms with Crippen LogP contribution in [0, 0.1) is 13.8 Å². The zero-order valence-electron chi connectivity index (χ0n) is 15.7. The molecular formula is C17H26N4O4S. The van der Waals surface area contributed by atoms with E-state index in [4.69, 9.17) is 0 Å². The molecule has 1 aromatic carbocycles. The average molecular weight is 382 g/mol. The van der Waals surface area contributed by atoms with E-state index in [1.54, 1.807) is 15.9 Å². The molecule has 0 saturated carbocycles. The van der Waals surface area contributed by atoms with Crippen LogP contribution in [0.5, 0.6) is 0 Å². The Morgan fingerprint density at radius 3 is 2.31 bits per heavy atom. The number of hydrogen-bond donors (Lipinski definition) is 0. The molecule has 0 radical (unpaired) electrons. The van der Waals surface area contributed by atoms with E-state index >= 15 is 0 Å². The minimum absolute atomic E-state index is 0.272. The Balaban J connectivity index is 2.29.